The number of rotatable bonds is 8. The van der Waals surface area contributed by atoms with E-state index in [9.17, 15) is 32.1 Å². The third kappa shape index (κ3) is 6.02. The standard InChI is InChI=1S/C21H20N2O9S.Na.H/c1-31-21(27)17-16(19(25)23(17)33(28,29)30)22-18(24)15(14-10-6-3-7-11-14)20(26)32-12-13-8-4-2-5-9-13;;/h2-11,15-17H,12H2,1H3,(H,22,24)(H,28,29,30);;. The van der Waals surface area contributed by atoms with E-state index in [4.69, 9.17) is 4.74 Å². The molecular formula is C21H21N2NaO9S. The molecule has 0 aliphatic carbocycles. The van der Waals surface area contributed by atoms with Crippen molar-refractivity contribution in [2.24, 2.45) is 0 Å². The van der Waals surface area contributed by atoms with Crippen LogP contribution in [0, 0.1) is 0 Å². The molecule has 2 N–H and O–H groups in total. The molecule has 0 bridgehead atoms. The molecule has 0 spiro atoms. The fourth-order valence-corrected chi connectivity index (χ4v) is 4.14. The number of nitrogens with one attached hydrogen (secondary N) is 1. The van der Waals surface area contributed by atoms with Crippen LogP contribution in [-0.2, 0) is 45.6 Å². The zero-order chi connectivity index (χ0) is 24.2. The Hall–Kier alpha value is -2.77. The number of hydrogen-bond donors (Lipinski definition) is 2. The van der Waals surface area contributed by atoms with Crippen LogP contribution < -0.4 is 5.32 Å². The molecule has 3 atom stereocenters. The van der Waals surface area contributed by atoms with E-state index >= 15 is 0 Å². The van der Waals surface area contributed by atoms with E-state index in [-0.39, 0.29) is 46.0 Å². The summed E-state index contributed by atoms with van der Waals surface area (Å²) in [7, 11) is -4.13. The summed E-state index contributed by atoms with van der Waals surface area (Å²) in [6, 6.07) is 13.1. The summed E-state index contributed by atoms with van der Waals surface area (Å²) in [5, 5.41) is 2.20. The summed E-state index contributed by atoms with van der Waals surface area (Å²) < 4.78 is 41.7. The summed E-state index contributed by atoms with van der Waals surface area (Å²) in [5.41, 5.74) is 0.933. The quantitative estimate of drug-likeness (QED) is 0.161. The maximum absolute atomic E-state index is 13.0. The molecule has 34 heavy (non-hydrogen) atoms. The van der Waals surface area contributed by atoms with Gasteiger partial charge >= 0.3 is 51.8 Å². The number of benzene rings is 2. The fraction of sp³-hybridized carbons (Fsp3) is 0.238. The first-order valence-corrected chi connectivity index (χ1v) is 11.0. The molecule has 2 aromatic carbocycles. The predicted molar refractivity (Wildman–Crippen MR) is 119 cm³/mol. The summed E-state index contributed by atoms with van der Waals surface area (Å²) in [6.45, 7) is -0.111. The van der Waals surface area contributed by atoms with Crippen molar-refractivity contribution >= 4 is 63.6 Å². The zero-order valence-electron chi connectivity index (χ0n) is 17.3. The average molecular weight is 500 g/mol. The van der Waals surface area contributed by atoms with Crippen LogP contribution in [0.1, 0.15) is 17.0 Å². The Morgan fingerprint density at radius 3 is 2.15 bits per heavy atom. The van der Waals surface area contributed by atoms with Gasteiger partial charge in [0, 0.05) is 0 Å². The van der Waals surface area contributed by atoms with Crippen LogP contribution in [0.3, 0.4) is 0 Å². The van der Waals surface area contributed by atoms with E-state index in [0.29, 0.717) is 5.56 Å². The first-order chi connectivity index (χ1) is 15.6. The second kappa shape index (κ2) is 11.6. The molecule has 3 unspecified atom stereocenters. The molecule has 2 amide bonds. The van der Waals surface area contributed by atoms with Gasteiger partial charge in [0.05, 0.1) is 7.11 Å². The van der Waals surface area contributed by atoms with Gasteiger partial charge in [0.15, 0.2) is 12.0 Å². The Labute approximate surface area is 217 Å². The second-order valence-corrected chi connectivity index (χ2v) is 8.29. The minimum atomic E-state index is -5.08. The van der Waals surface area contributed by atoms with E-state index < -0.39 is 52.1 Å². The van der Waals surface area contributed by atoms with Crippen molar-refractivity contribution in [3.8, 4) is 0 Å². The first-order valence-electron chi connectivity index (χ1n) is 9.59. The number of carbonyl (C=O) groups excluding carboxylic acids is 4. The molecule has 0 aromatic heterocycles. The van der Waals surface area contributed by atoms with Crippen molar-refractivity contribution in [1.82, 2.24) is 9.62 Å². The number of β-lactam (4-membered cyclic amide) rings is 1. The molecule has 176 valence electrons. The van der Waals surface area contributed by atoms with Gasteiger partial charge in [0.2, 0.25) is 5.91 Å². The van der Waals surface area contributed by atoms with Crippen LogP contribution >= 0.6 is 0 Å². The Morgan fingerprint density at radius 1 is 1.06 bits per heavy atom. The summed E-state index contributed by atoms with van der Waals surface area (Å²) in [4.78, 5) is 50.1. The third-order valence-electron chi connectivity index (χ3n) is 4.90. The van der Waals surface area contributed by atoms with Gasteiger partial charge in [-0.1, -0.05) is 60.7 Å². The van der Waals surface area contributed by atoms with Crippen LogP contribution in [0.5, 0.6) is 0 Å². The number of nitrogens with zero attached hydrogens (tertiary/aromatic N) is 1. The Kier molecular flexibility index (Phi) is 9.36. The Morgan fingerprint density at radius 2 is 1.62 bits per heavy atom. The number of carbonyl (C=O) groups is 4. The summed E-state index contributed by atoms with van der Waals surface area (Å²) in [5.74, 6) is -5.87. The van der Waals surface area contributed by atoms with Crippen molar-refractivity contribution in [1.29, 1.82) is 0 Å². The number of ether oxygens (including phenoxy) is 2. The molecule has 3 rings (SSSR count). The van der Waals surface area contributed by atoms with Crippen molar-refractivity contribution < 1.29 is 41.6 Å². The molecule has 1 fully saturated rings. The van der Waals surface area contributed by atoms with E-state index in [1.807, 2.05) is 0 Å². The van der Waals surface area contributed by atoms with Gasteiger partial charge in [-0.2, -0.15) is 12.7 Å². The van der Waals surface area contributed by atoms with Crippen LogP contribution in [-0.4, -0.2) is 89.8 Å². The fourth-order valence-electron chi connectivity index (χ4n) is 3.30. The molecule has 0 radical (unpaired) electrons. The normalized spacial score (nSPS) is 18.1. The van der Waals surface area contributed by atoms with Gasteiger partial charge in [-0.15, -0.1) is 0 Å². The van der Waals surface area contributed by atoms with E-state index in [1.165, 1.54) is 12.1 Å². The topological polar surface area (TPSA) is 156 Å². The predicted octanol–water partition coefficient (Wildman–Crippen LogP) is -0.463. The van der Waals surface area contributed by atoms with Crippen molar-refractivity contribution in [2.75, 3.05) is 7.11 Å². The molecule has 1 aliphatic heterocycles. The summed E-state index contributed by atoms with van der Waals surface area (Å²) >= 11 is 0. The van der Waals surface area contributed by atoms with Crippen molar-refractivity contribution in [3.63, 3.8) is 0 Å². The second-order valence-electron chi connectivity index (χ2n) is 7.00. The first kappa shape index (κ1) is 27.5. The monoisotopic (exact) mass is 500 g/mol. The summed E-state index contributed by atoms with van der Waals surface area (Å²) in [6.07, 6.45) is 0. The molecule has 1 saturated heterocycles. The van der Waals surface area contributed by atoms with Gasteiger partial charge in [-0.25, -0.2) is 4.79 Å². The molecule has 2 aromatic rings. The van der Waals surface area contributed by atoms with Crippen LogP contribution in [0.4, 0.5) is 0 Å². The maximum atomic E-state index is 13.0. The van der Waals surface area contributed by atoms with Gasteiger partial charge in [-0.05, 0) is 11.1 Å². The van der Waals surface area contributed by atoms with Crippen LogP contribution in [0.15, 0.2) is 60.7 Å². The molecule has 1 heterocycles. The SMILES string of the molecule is COC(=O)C1C(NC(=O)C(C(=O)OCc2ccccc2)c2ccccc2)C(=O)N1S(=O)(=O)O.[NaH]. The Balaban J connectivity index is 0.00000408. The van der Waals surface area contributed by atoms with Crippen LogP contribution in [0.25, 0.3) is 0 Å². The molecular weight excluding hydrogens is 479 g/mol. The number of hydrogen-bond acceptors (Lipinski definition) is 8. The molecule has 1 aliphatic rings. The molecule has 0 saturated carbocycles. The van der Waals surface area contributed by atoms with E-state index in [1.54, 1.807) is 48.5 Å². The average Bonchev–Trinajstić information content (AvgIpc) is 2.79. The number of amides is 2. The minimum absolute atomic E-state index is 0. The van der Waals surface area contributed by atoms with Gasteiger partial charge in [0.1, 0.15) is 12.6 Å². The van der Waals surface area contributed by atoms with E-state index in [2.05, 4.69) is 10.1 Å². The molecule has 13 heteroatoms. The Bertz CT molecular complexity index is 1160. The third-order valence-corrected chi connectivity index (χ3v) is 5.80. The van der Waals surface area contributed by atoms with Crippen LogP contribution in [0.2, 0.25) is 0 Å². The van der Waals surface area contributed by atoms with Gasteiger partial charge in [0.25, 0.3) is 5.91 Å². The van der Waals surface area contributed by atoms with Crippen molar-refractivity contribution in [3.05, 3.63) is 71.8 Å². The number of esters is 2. The zero-order valence-corrected chi connectivity index (χ0v) is 18.1. The van der Waals surface area contributed by atoms with E-state index in [0.717, 1.165) is 7.11 Å². The van der Waals surface area contributed by atoms with Crippen molar-refractivity contribution in [2.45, 2.75) is 24.6 Å². The van der Waals surface area contributed by atoms with Gasteiger partial charge < -0.3 is 14.8 Å². The van der Waals surface area contributed by atoms with Gasteiger partial charge in [-0.3, -0.25) is 18.9 Å². The molecule has 11 nitrogen and oxygen atoms in total. The number of methoxy groups -OCH3 is 1.